The zero-order valence-corrected chi connectivity index (χ0v) is 13.0. The quantitative estimate of drug-likeness (QED) is 0.613. The number of hydrogen-bond acceptors (Lipinski definition) is 4. The Labute approximate surface area is 130 Å². The Hall–Kier alpha value is -1.43. The monoisotopic (exact) mass is 305 g/mol. The molecule has 1 aliphatic heterocycles. The van der Waals surface area contributed by atoms with Gasteiger partial charge in [0.25, 0.3) is 5.91 Å². The van der Waals surface area contributed by atoms with Crippen molar-refractivity contribution in [3.8, 4) is 0 Å². The van der Waals surface area contributed by atoms with Crippen LogP contribution < -0.4 is 5.32 Å². The molecule has 1 saturated carbocycles. The van der Waals surface area contributed by atoms with Gasteiger partial charge in [-0.25, -0.2) is 0 Å². The second kappa shape index (κ2) is 5.05. The summed E-state index contributed by atoms with van der Waals surface area (Å²) in [6, 6.07) is 5.52. The van der Waals surface area contributed by atoms with Crippen LogP contribution in [0.1, 0.15) is 42.4 Å². The molecule has 1 saturated heterocycles. The van der Waals surface area contributed by atoms with Crippen LogP contribution in [-0.4, -0.2) is 39.0 Å². The number of nitrogens with one attached hydrogen (secondary N) is 1. The molecule has 2 aliphatic rings. The normalized spacial score (nSPS) is 38.3. The summed E-state index contributed by atoms with van der Waals surface area (Å²) in [6.07, 6.45) is 0.341. The number of aryl methyl sites for hydroxylation is 2. The van der Waals surface area contributed by atoms with Crippen LogP contribution in [0.2, 0.25) is 0 Å². The van der Waals surface area contributed by atoms with Crippen molar-refractivity contribution in [3.63, 3.8) is 0 Å². The summed E-state index contributed by atoms with van der Waals surface area (Å²) in [6.45, 7) is 3.71. The average molecular weight is 305 g/mol. The Morgan fingerprint density at radius 2 is 1.82 bits per heavy atom. The van der Waals surface area contributed by atoms with Gasteiger partial charge in [0, 0.05) is 0 Å². The molecule has 4 N–H and O–H groups in total. The third-order valence-electron chi connectivity index (χ3n) is 5.28. The Bertz CT molecular complexity index is 607. The van der Waals surface area contributed by atoms with E-state index in [2.05, 4.69) is 5.32 Å². The van der Waals surface area contributed by atoms with Gasteiger partial charge in [-0.15, -0.1) is 0 Å². The Morgan fingerprint density at radius 3 is 2.45 bits per heavy atom. The fourth-order valence-corrected chi connectivity index (χ4v) is 3.85. The number of rotatable bonds is 1. The molecule has 2 unspecified atom stereocenters. The summed E-state index contributed by atoms with van der Waals surface area (Å²) in [4.78, 5) is 12.5. The molecule has 5 heteroatoms. The van der Waals surface area contributed by atoms with E-state index in [9.17, 15) is 20.1 Å². The highest BCUT2D eigenvalue weighted by molar-refractivity contribution is 5.91. The van der Waals surface area contributed by atoms with Crippen LogP contribution in [0.5, 0.6) is 0 Å². The molecule has 3 rings (SSSR count). The van der Waals surface area contributed by atoms with Gasteiger partial charge in [0.05, 0.1) is 11.6 Å². The first-order chi connectivity index (χ1) is 10.3. The van der Waals surface area contributed by atoms with Crippen LogP contribution in [-0.2, 0) is 10.4 Å². The van der Waals surface area contributed by atoms with Gasteiger partial charge in [-0.1, -0.05) is 23.8 Å². The highest BCUT2D eigenvalue weighted by Crippen LogP contribution is 2.45. The third kappa shape index (κ3) is 2.07. The molecule has 1 spiro atoms. The van der Waals surface area contributed by atoms with Crippen molar-refractivity contribution < 1.29 is 20.1 Å². The first-order valence-electron chi connectivity index (χ1n) is 7.78. The Morgan fingerprint density at radius 1 is 1.18 bits per heavy atom. The predicted molar refractivity (Wildman–Crippen MR) is 81.2 cm³/mol. The molecular weight excluding hydrogens is 282 g/mol. The van der Waals surface area contributed by atoms with Crippen LogP contribution in [0, 0.1) is 13.8 Å². The molecule has 1 aliphatic carbocycles. The summed E-state index contributed by atoms with van der Waals surface area (Å²) >= 11 is 0. The number of hydrogen-bond donors (Lipinski definition) is 4. The molecule has 0 bridgehead atoms. The molecule has 2 fully saturated rings. The van der Waals surface area contributed by atoms with Crippen molar-refractivity contribution >= 4 is 5.91 Å². The molecular formula is C17H23NO4. The number of carbonyl (C=O) groups is 1. The standard InChI is InChI=1S/C17H23NO4/c1-10-3-4-11(2)13(9-10)17(22)14(20)16(18-15(17)21)7-5-12(19)6-8-16/h3-4,9,12,14,19-20,22H,5-8H2,1-2H3,(H,18,21). The summed E-state index contributed by atoms with van der Waals surface area (Å²) in [7, 11) is 0. The van der Waals surface area contributed by atoms with E-state index in [0.29, 0.717) is 31.2 Å². The van der Waals surface area contributed by atoms with Gasteiger partial charge in [0.1, 0.15) is 6.10 Å². The van der Waals surface area contributed by atoms with E-state index in [4.69, 9.17) is 0 Å². The molecule has 0 radical (unpaired) electrons. The summed E-state index contributed by atoms with van der Waals surface area (Å²) in [5.74, 6) is -0.551. The van der Waals surface area contributed by atoms with E-state index in [1.165, 1.54) is 0 Å². The van der Waals surface area contributed by atoms with Gasteiger partial charge in [0.15, 0.2) is 5.60 Å². The van der Waals surface area contributed by atoms with E-state index in [1.54, 1.807) is 6.07 Å². The maximum atomic E-state index is 12.5. The molecule has 2 atom stereocenters. The second-order valence-electron chi connectivity index (χ2n) is 6.83. The summed E-state index contributed by atoms with van der Waals surface area (Å²) < 4.78 is 0. The summed E-state index contributed by atoms with van der Waals surface area (Å²) in [5.41, 5.74) is -0.621. The number of aliphatic hydroxyl groups is 3. The zero-order chi connectivity index (χ0) is 16.1. The first-order valence-corrected chi connectivity index (χ1v) is 7.78. The number of carbonyl (C=O) groups excluding carboxylic acids is 1. The van der Waals surface area contributed by atoms with Crippen molar-refractivity contribution in [2.75, 3.05) is 0 Å². The fraction of sp³-hybridized carbons (Fsp3) is 0.588. The van der Waals surface area contributed by atoms with E-state index >= 15 is 0 Å². The van der Waals surface area contributed by atoms with Gasteiger partial charge >= 0.3 is 0 Å². The lowest BCUT2D eigenvalue weighted by atomic mass is 9.72. The fourth-order valence-electron chi connectivity index (χ4n) is 3.85. The van der Waals surface area contributed by atoms with Gasteiger partial charge in [-0.2, -0.15) is 0 Å². The van der Waals surface area contributed by atoms with E-state index in [0.717, 1.165) is 11.1 Å². The molecule has 1 heterocycles. The van der Waals surface area contributed by atoms with Crippen LogP contribution in [0.3, 0.4) is 0 Å². The van der Waals surface area contributed by atoms with Crippen molar-refractivity contribution in [2.24, 2.45) is 0 Å². The van der Waals surface area contributed by atoms with Gasteiger partial charge in [-0.05, 0) is 50.7 Å². The lowest BCUT2D eigenvalue weighted by Gasteiger charge is -2.39. The maximum absolute atomic E-state index is 12.5. The number of amides is 1. The topological polar surface area (TPSA) is 89.8 Å². The van der Waals surface area contributed by atoms with Gasteiger partial charge in [-0.3, -0.25) is 4.79 Å². The Balaban J connectivity index is 2.03. The number of benzene rings is 1. The van der Waals surface area contributed by atoms with E-state index < -0.39 is 29.3 Å². The van der Waals surface area contributed by atoms with Crippen molar-refractivity contribution in [1.82, 2.24) is 5.32 Å². The highest BCUT2D eigenvalue weighted by Gasteiger charge is 2.63. The summed E-state index contributed by atoms with van der Waals surface area (Å²) in [5, 5.41) is 34.4. The highest BCUT2D eigenvalue weighted by atomic mass is 16.4. The molecule has 1 aromatic rings. The van der Waals surface area contributed by atoms with Crippen molar-refractivity contribution in [1.29, 1.82) is 0 Å². The van der Waals surface area contributed by atoms with Gasteiger partial charge in [0.2, 0.25) is 0 Å². The van der Waals surface area contributed by atoms with Crippen molar-refractivity contribution in [3.05, 3.63) is 34.9 Å². The zero-order valence-electron chi connectivity index (χ0n) is 13.0. The van der Waals surface area contributed by atoms with E-state index in [-0.39, 0.29) is 0 Å². The van der Waals surface area contributed by atoms with Gasteiger partial charge < -0.3 is 20.6 Å². The minimum Gasteiger partial charge on any atom is -0.393 e. The largest absolute Gasteiger partial charge is 0.393 e. The van der Waals surface area contributed by atoms with E-state index in [1.807, 2.05) is 26.0 Å². The first kappa shape index (κ1) is 15.5. The lowest BCUT2D eigenvalue weighted by Crippen LogP contribution is -2.54. The smallest absolute Gasteiger partial charge is 0.260 e. The lowest BCUT2D eigenvalue weighted by molar-refractivity contribution is -0.145. The maximum Gasteiger partial charge on any atom is 0.260 e. The molecule has 5 nitrogen and oxygen atoms in total. The minimum absolute atomic E-state index is 0.399. The third-order valence-corrected chi connectivity index (χ3v) is 5.28. The van der Waals surface area contributed by atoms with Crippen LogP contribution in [0.25, 0.3) is 0 Å². The molecule has 22 heavy (non-hydrogen) atoms. The second-order valence-corrected chi connectivity index (χ2v) is 6.83. The van der Waals surface area contributed by atoms with Crippen LogP contribution >= 0.6 is 0 Å². The van der Waals surface area contributed by atoms with Crippen molar-refractivity contribution in [2.45, 2.75) is 62.9 Å². The Kier molecular flexibility index (Phi) is 3.55. The molecule has 0 aromatic heterocycles. The van der Waals surface area contributed by atoms with Crippen LogP contribution in [0.4, 0.5) is 0 Å². The van der Waals surface area contributed by atoms with Crippen LogP contribution in [0.15, 0.2) is 18.2 Å². The molecule has 1 aromatic carbocycles. The SMILES string of the molecule is Cc1ccc(C)c(C2(O)C(=O)NC3(CCC(O)CC3)C2O)c1. The minimum atomic E-state index is -1.93. The molecule has 1 amide bonds. The number of aliphatic hydroxyl groups excluding tert-OH is 2. The predicted octanol–water partition coefficient (Wildman–Crippen LogP) is 0.655. The molecule has 120 valence electrons. The average Bonchev–Trinajstić information content (AvgIpc) is 2.67.